The largest absolute Gasteiger partial charge is 1.00 e. The summed E-state index contributed by atoms with van der Waals surface area (Å²) in [6, 6.07) is 17.9. The second kappa shape index (κ2) is 10.6. The fourth-order valence-corrected chi connectivity index (χ4v) is 2.93. The summed E-state index contributed by atoms with van der Waals surface area (Å²) in [5.41, 5.74) is 3.97. The van der Waals surface area contributed by atoms with Crippen LogP contribution in [0.25, 0.3) is 22.4 Å². The van der Waals surface area contributed by atoms with E-state index in [1.54, 1.807) is 18.2 Å². The van der Waals surface area contributed by atoms with Gasteiger partial charge in [0.2, 0.25) is 0 Å². The maximum Gasteiger partial charge on any atom is 1.00 e. The second-order valence-electron chi connectivity index (χ2n) is 6.31. The van der Waals surface area contributed by atoms with Crippen molar-refractivity contribution in [1.82, 2.24) is 4.98 Å². The molecular formula is C23H19ClNNaO3. The van der Waals surface area contributed by atoms with E-state index in [9.17, 15) is 9.90 Å². The Hall–Kier alpha value is -2.11. The smallest absolute Gasteiger partial charge is 0.543 e. The van der Waals surface area contributed by atoms with E-state index in [1.807, 2.05) is 56.3 Å². The molecule has 3 rings (SSSR count). The Kier molecular flexibility index (Phi) is 8.47. The van der Waals surface area contributed by atoms with Crippen LogP contribution in [-0.4, -0.2) is 17.6 Å². The monoisotopic (exact) mass is 415 g/mol. The number of halogens is 1. The molecule has 0 saturated heterocycles. The molecule has 0 aliphatic heterocycles. The van der Waals surface area contributed by atoms with Crippen LogP contribution in [0.4, 0.5) is 0 Å². The SMILES string of the molecule is C/C=C(\C)COc1ccc(Cl)cc1-c1ccccc1-c1cccc(C(=O)[O-])n1.[Na+]. The molecule has 6 heteroatoms. The summed E-state index contributed by atoms with van der Waals surface area (Å²) in [6.07, 6.45) is 2.00. The first kappa shape index (κ1) is 23.2. The molecule has 0 unspecified atom stereocenters. The number of allylic oxidation sites excluding steroid dienone is 1. The fourth-order valence-electron chi connectivity index (χ4n) is 2.75. The van der Waals surface area contributed by atoms with Crippen molar-refractivity contribution in [3.8, 4) is 28.1 Å². The van der Waals surface area contributed by atoms with Crippen LogP contribution in [-0.2, 0) is 0 Å². The van der Waals surface area contributed by atoms with E-state index in [0.717, 1.165) is 22.3 Å². The average Bonchev–Trinajstić information content (AvgIpc) is 2.72. The van der Waals surface area contributed by atoms with Gasteiger partial charge in [-0.1, -0.05) is 48.0 Å². The second-order valence-corrected chi connectivity index (χ2v) is 6.74. The van der Waals surface area contributed by atoms with Crippen LogP contribution in [0.1, 0.15) is 24.3 Å². The maximum atomic E-state index is 11.2. The van der Waals surface area contributed by atoms with E-state index in [2.05, 4.69) is 4.98 Å². The quantitative estimate of drug-likeness (QED) is 0.455. The molecule has 1 aromatic heterocycles. The summed E-state index contributed by atoms with van der Waals surface area (Å²) >= 11 is 6.25. The van der Waals surface area contributed by atoms with Crippen molar-refractivity contribution in [2.45, 2.75) is 13.8 Å². The van der Waals surface area contributed by atoms with Gasteiger partial charge in [-0.3, -0.25) is 0 Å². The summed E-state index contributed by atoms with van der Waals surface area (Å²) in [7, 11) is 0. The number of carboxylic acids is 1. The first-order valence-electron chi connectivity index (χ1n) is 8.82. The van der Waals surface area contributed by atoms with Gasteiger partial charge in [-0.2, -0.15) is 0 Å². The Morgan fingerprint density at radius 3 is 2.48 bits per heavy atom. The normalized spacial score (nSPS) is 10.9. The third kappa shape index (κ3) is 5.71. The van der Waals surface area contributed by atoms with Crippen molar-refractivity contribution in [1.29, 1.82) is 0 Å². The van der Waals surface area contributed by atoms with Crippen molar-refractivity contribution in [2.75, 3.05) is 6.61 Å². The number of hydrogen-bond acceptors (Lipinski definition) is 4. The van der Waals surface area contributed by atoms with Crippen LogP contribution in [0.3, 0.4) is 0 Å². The zero-order valence-electron chi connectivity index (χ0n) is 16.6. The van der Waals surface area contributed by atoms with Gasteiger partial charge in [0.15, 0.2) is 0 Å². The Labute approximate surface area is 197 Å². The van der Waals surface area contributed by atoms with Crippen molar-refractivity contribution in [2.24, 2.45) is 0 Å². The zero-order valence-corrected chi connectivity index (χ0v) is 19.4. The summed E-state index contributed by atoms with van der Waals surface area (Å²) in [5, 5.41) is 11.8. The number of rotatable bonds is 6. The van der Waals surface area contributed by atoms with Gasteiger partial charge >= 0.3 is 29.6 Å². The van der Waals surface area contributed by atoms with Gasteiger partial charge in [-0.25, -0.2) is 4.98 Å². The summed E-state index contributed by atoms with van der Waals surface area (Å²) in [6.45, 7) is 4.43. The number of carboxylic acid groups (broad SMARTS) is 1. The average molecular weight is 416 g/mol. The topological polar surface area (TPSA) is 62.2 Å². The summed E-state index contributed by atoms with van der Waals surface area (Å²) < 4.78 is 6.00. The molecule has 0 bridgehead atoms. The van der Waals surface area contributed by atoms with Crippen LogP contribution >= 0.6 is 11.6 Å². The number of pyridine rings is 1. The molecule has 29 heavy (non-hydrogen) atoms. The molecule has 0 fully saturated rings. The Bertz CT molecular complexity index is 1050. The molecule has 0 aliphatic carbocycles. The standard InChI is InChI=1S/C23H20ClNO3.Na/c1-3-15(2)14-28-22-12-11-16(24)13-19(22)17-7-4-5-8-18(17)20-9-6-10-21(25-20)23(26)27;/h3-13H,14H2,1-2H3,(H,26,27);/q;+1/p-1/b15-3+;. The predicted octanol–water partition coefficient (Wildman–Crippen LogP) is 1.78. The number of hydrogen-bond donors (Lipinski definition) is 0. The number of ether oxygens (including phenoxy) is 1. The maximum absolute atomic E-state index is 11.2. The van der Waals surface area contributed by atoms with E-state index in [4.69, 9.17) is 16.3 Å². The predicted molar refractivity (Wildman–Crippen MR) is 109 cm³/mol. The van der Waals surface area contributed by atoms with Crippen LogP contribution in [0.5, 0.6) is 5.75 Å². The van der Waals surface area contributed by atoms with Crippen molar-refractivity contribution >= 4 is 17.6 Å². The number of benzene rings is 2. The van der Waals surface area contributed by atoms with Gasteiger partial charge in [0.05, 0.1) is 17.4 Å². The molecule has 3 aromatic rings. The molecule has 0 N–H and O–H groups in total. The molecule has 0 saturated carbocycles. The molecule has 0 radical (unpaired) electrons. The van der Waals surface area contributed by atoms with Crippen molar-refractivity contribution in [3.63, 3.8) is 0 Å². The molecule has 4 nitrogen and oxygen atoms in total. The summed E-state index contributed by atoms with van der Waals surface area (Å²) in [4.78, 5) is 15.4. The first-order valence-corrected chi connectivity index (χ1v) is 9.19. The van der Waals surface area contributed by atoms with E-state index >= 15 is 0 Å². The first-order chi connectivity index (χ1) is 13.5. The van der Waals surface area contributed by atoms with Crippen molar-refractivity contribution in [3.05, 3.63) is 83.0 Å². The number of carbonyl (C=O) groups excluding carboxylic acids is 1. The molecular weight excluding hydrogens is 397 g/mol. The molecule has 1 heterocycles. The number of aromatic carboxylic acids is 1. The van der Waals surface area contributed by atoms with E-state index in [0.29, 0.717) is 23.1 Å². The van der Waals surface area contributed by atoms with Gasteiger partial charge in [0.1, 0.15) is 12.4 Å². The van der Waals surface area contributed by atoms with Crippen LogP contribution in [0.2, 0.25) is 5.02 Å². The zero-order chi connectivity index (χ0) is 20.1. The Balaban J connectivity index is 0.00000300. The summed E-state index contributed by atoms with van der Waals surface area (Å²) in [5.74, 6) is -0.623. The molecule has 142 valence electrons. The number of nitrogens with zero attached hydrogens (tertiary/aromatic N) is 1. The number of aromatic nitrogens is 1. The minimum Gasteiger partial charge on any atom is -0.543 e. The van der Waals surface area contributed by atoms with Gasteiger partial charge < -0.3 is 14.6 Å². The third-order valence-electron chi connectivity index (χ3n) is 4.34. The fraction of sp³-hybridized carbons (Fsp3) is 0.130. The van der Waals surface area contributed by atoms with E-state index in [-0.39, 0.29) is 35.3 Å². The van der Waals surface area contributed by atoms with Gasteiger partial charge in [-0.15, -0.1) is 0 Å². The molecule has 0 atom stereocenters. The number of carbonyl (C=O) groups is 1. The molecule has 0 amide bonds. The van der Waals surface area contributed by atoms with E-state index in [1.165, 1.54) is 6.07 Å². The molecule has 0 spiro atoms. The Morgan fingerprint density at radius 2 is 1.79 bits per heavy atom. The van der Waals surface area contributed by atoms with Crippen LogP contribution in [0.15, 0.2) is 72.3 Å². The van der Waals surface area contributed by atoms with Crippen LogP contribution in [0, 0.1) is 0 Å². The molecule has 2 aromatic carbocycles. The Morgan fingerprint density at radius 1 is 1.07 bits per heavy atom. The van der Waals surface area contributed by atoms with Gasteiger partial charge in [0.25, 0.3) is 0 Å². The molecule has 0 aliphatic rings. The van der Waals surface area contributed by atoms with Gasteiger partial charge in [0, 0.05) is 16.1 Å². The minimum atomic E-state index is -1.31. The van der Waals surface area contributed by atoms with Crippen LogP contribution < -0.4 is 39.4 Å². The minimum absolute atomic E-state index is 0. The van der Waals surface area contributed by atoms with Crippen molar-refractivity contribution < 1.29 is 44.2 Å². The van der Waals surface area contributed by atoms with E-state index < -0.39 is 5.97 Å². The third-order valence-corrected chi connectivity index (χ3v) is 4.58. The van der Waals surface area contributed by atoms with Gasteiger partial charge in [-0.05, 0) is 55.3 Å².